The average molecular weight is 510 g/mol. The molecule has 5 nitrogen and oxygen atoms in total. The van der Waals surface area contributed by atoms with E-state index in [0.717, 1.165) is 40.6 Å². The summed E-state index contributed by atoms with van der Waals surface area (Å²) in [7, 11) is 0. The normalized spacial score (nSPS) is 12.3. The Labute approximate surface area is 214 Å². The molecule has 3 N–H and O–H groups in total. The summed E-state index contributed by atoms with van der Waals surface area (Å²) in [6.45, 7) is 1.48. The summed E-state index contributed by atoms with van der Waals surface area (Å²) < 4.78 is 33.9. The fourth-order valence-corrected chi connectivity index (χ4v) is 4.56. The molecule has 0 unspecified atom stereocenters. The number of amides is 1. The van der Waals surface area contributed by atoms with E-state index in [-0.39, 0.29) is 36.1 Å². The fourth-order valence-electron chi connectivity index (χ4n) is 4.56. The lowest BCUT2D eigenvalue weighted by Crippen LogP contribution is -2.29. The van der Waals surface area contributed by atoms with E-state index >= 15 is 0 Å². The van der Waals surface area contributed by atoms with Gasteiger partial charge in [0.05, 0.1) is 11.3 Å². The van der Waals surface area contributed by atoms with Gasteiger partial charge in [0.1, 0.15) is 12.4 Å². The number of primary amides is 1. The Kier molecular flexibility index (Phi) is 7.60. The second-order valence-electron chi connectivity index (χ2n) is 8.64. The average Bonchev–Trinajstić information content (AvgIpc) is 3.26. The third kappa shape index (κ3) is 5.21. The van der Waals surface area contributed by atoms with Gasteiger partial charge in [0.15, 0.2) is 11.6 Å². The molecule has 0 saturated carbocycles. The van der Waals surface area contributed by atoms with E-state index in [2.05, 4.69) is 9.88 Å². The molecule has 8 heteroatoms. The van der Waals surface area contributed by atoms with Gasteiger partial charge in [-0.25, -0.2) is 8.78 Å². The Balaban J connectivity index is 0.00000304. The maximum atomic E-state index is 14.4. The minimum atomic E-state index is -0.636. The van der Waals surface area contributed by atoms with Crippen LogP contribution in [0.4, 0.5) is 8.78 Å². The number of fused-ring (bicyclic) bond motifs is 2. The van der Waals surface area contributed by atoms with E-state index in [0.29, 0.717) is 18.7 Å². The van der Waals surface area contributed by atoms with E-state index in [9.17, 15) is 13.6 Å². The van der Waals surface area contributed by atoms with Gasteiger partial charge in [-0.2, -0.15) is 0 Å². The number of nitrogens with zero attached hydrogens (tertiary/aromatic N) is 1. The van der Waals surface area contributed by atoms with E-state index in [1.807, 2.05) is 36.5 Å². The molecule has 0 saturated heterocycles. The van der Waals surface area contributed by atoms with Crippen molar-refractivity contribution in [1.29, 1.82) is 0 Å². The number of benzene rings is 3. The quantitative estimate of drug-likeness (QED) is 0.314. The van der Waals surface area contributed by atoms with Gasteiger partial charge in [0.25, 0.3) is 0 Å². The van der Waals surface area contributed by atoms with Crippen molar-refractivity contribution >= 4 is 35.3 Å². The predicted molar refractivity (Wildman–Crippen MR) is 139 cm³/mol. The molecule has 0 radical (unpaired) electrons. The molecular weight excluding hydrogens is 484 g/mol. The van der Waals surface area contributed by atoms with Crippen molar-refractivity contribution in [3.05, 3.63) is 106 Å². The second-order valence-corrected chi connectivity index (χ2v) is 8.64. The highest BCUT2D eigenvalue weighted by atomic mass is 35.5. The van der Waals surface area contributed by atoms with Gasteiger partial charge in [-0.15, -0.1) is 12.4 Å². The molecule has 1 aliphatic heterocycles. The SMILES string of the molecule is Cl.NC(=O)c1ccc(F)c2c1C=C(N(CCCc1c[nH]c3ccc(F)cc13)Cc1ccccc1)CO2. The summed E-state index contributed by atoms with van der Waals surface area (Å²) in [5, 5.41) is 0.885. The highest BCUT2D eigenvalue weighted by molar-refractivity contribution is 5.98. The van der Waals surface area contributed by atoms with Crippen molar-refractivity contribution in [1.82, 2.24) is 9.88 Å². The number of hydrogen-bond acceptors (Lipinski definition) is 3. The van der Waals surface area contributed by atoms with Crippen LogP contribution in [0.3, 0.4) is 0 Å². The largest absolute Gasteiger partial charge is 0.484 e. The molecule has 36 heavy (non-hydrogen) atoms. The Morgan fingerprint density at radius 3 is 2.67 bits per heavy atom. The van der Waals surface area contributed by atoms with Crippen molar-refractivity contribution in [3.8, 4) is 5.75 Å². The minimum Gasteiger partial charge on any atom is -0.484 e. The number of aromatic amines is 1. The molecule has 186 valence electrons. The zero-order chi connectivity index (χ0) is 24.4. The summed E-state index contributed by atoms with van der Waals surface area (Å²) in [5.74, 6) is -1.37. The smallest absolute Gasteiger partial charge is 0.249 e. The van der Waals surface area contributed by atoms with E-state index < -0.39 is 11.7 Å². The lowest BCUT2D eigenvalue weighted by atomic mass is 10.0. The van der Waals surface area contributed by atoms with Crippen molar-refractivity contribution in [2.45, 2.75) is 19.4 Å². The first kappa shape index (κ1) is 25.3. The van der Waals surface area contributed by atoms with Crippen LogP contribution in [-0.2, 0) is 13.0 Å². The van der Waals surface area contributed by atoms with E-state index in [4.69, 9.17) is 10.5 Å². The van der Waals surface area contributed by atoms with Gasteiger partial charge in [-0.05, 0) is 60.4 Å². The van der Waals surface area contributed by atoms with Gasteiger partial charge >= 0.3 is 0 Å². The number of nitrogens with two attached hydrogens (primary N) is 1. The standard InChI is InChI=1S/C28H25F2N3O2.ClH/c29-20-8-11-26-23(13-20)19(15-32-26)7-4-12-33(16-18-5-2-1-3-6-18)21-14-24-22(28(31)34)9-10-25(30)27(24)35-17-21;/h1-3,5-6,8-11,13-15,32H,4,7,12,16-17H2,(H2,31,34);1H. The first-order valence-electron chi connectivity index (χ1n) is 11.5. The molecule has 0 fully saturated rings. The number of rotatable bonds is 8. The summed E-state index contributed by atoms with van der Waals surface area (Å²) in [5.41, 5.74) is 10.0. The summed E-state index contributed by atoms with van der Waals surface area (Å²) >= 11 is 0. The molecule has 1 amide bonds. The summed E-state index contributed by atoms with van der Waals surface area (Å²) in [4.78, 5) is 17.3. The molecule has 4 aromatic rings. The van der Waals surface area contributed by atoms with Crippen LogP contribution in [0.2, 0.25) is 0 Å². The molecule has 5 rings (SSSR count). The number of aromatic nitrogens is 1. The molecular formula is C28H26ClF2N3O2. The Hall–Kier alpha value is -3.84. The lowest BCUT2D eigenvalue weighted by Gasteiger charge is -2.31. The molecule has 0 atom stereocenters. The number of nitrogens with one attached hydrogen (secondary N) is 1. The third-order valence-electron chi connectivity index (χ3n) is 6.31. The van der Waals surface area contributed by atoms with Crippen LogP contribution in [0, 0.1) is 11.6 Å². The number of halogens is 3. The number of ether oxygens (including phenoxy) is 1. The Morgan fingerprint density at radius 2 is 1.89 bits per heavy atom. The fraction of sp³-hybridized carbons (Fsp3) is 0.179. The van der Waals surface area contributed by atoms with Crippen LogP contribution < -0.4 is 10.5 Å². The van der Waals surface area contributed by atoms with Crippen LogP contribution in [0.15, 0.2) is 72.6 Å². The van der Waals surface area contributed by atoms with Crippen LogP contribution in [0.5, 0.6) is 5.75 Å². The number of aryl methyl sites for hydroxylation is 1. The molecule has 2 heterocycles. The van der Waals surface area contributed by atoms with Crippen LogP contribution >= 0.6 is 12.4 Å². The molecule has 0 spiro atoms. The van der Waals surface area contributed by atoms with Gasteiger partial charge in [-0.3, -0.25) is 4.79 Å². The van der Waals surface area contributed by atoms with Crippen LogP contribution in [0.1, 0.15) is 33.5 Å². The Morgan fingerprint density at radius 1 is 1.08 bits per heavy atom. The zero-order valence-corrected chi connectivity index (χ0v) is 20.3. The summed E-state index contributed by atoms with van der Waals surface area (Å²) in [6.07, 6.45) is 5.27. The van der Waals surface area contributed by atoms with Crippen LogP contribution in [0.25, 0.3) is 17.0 Å². The molecule has 1 aliphatic rings. The van der Waals surface area contributed by atoms with E-state index in [1.165, 1.54) is 18.2 Å². The monoisotopic (exact) mass is 509 g/mol. The zero-order valence-electron chi connectivity index (χ0n) is 19.5. The number of hydrogen-bond donors (Lipinski definition) is 2. The third-order valence-corrected chi connectivity index (χ3v) is 6.31. The van der Waals surface area contributed by atoms with Crippen molar-refractivity contribution < 1.29 is 18.3 Å². The van der Waals surface area contributed by atoms with E-state index in [1.54, 1.807) is 18.2 Å². The Bertz CT molecular complexity index is 1420. The van der Waals surface area contributed by atoms with Crippen molar-refractivity contribution in [2.24, 2.45) is 5.73 Å². The molecule has 3 aromatic carbocycles. The maximum absolute atomic E-state index is 14.4. The second kappa shape index (κ2) is 10.8. The number of carbonyl (C=O) groups is 1. The first-order chi connectivity index (χ1) is 17.0. The molecule has 0 bridgehead atoms. The maximum Gasteiger partial charge on any atom is 0.249 e. The number of H-pyrrole nitrogens is 1. The lowest BCUT2D eigenvalue weighted by molar-refractivity contribution is 0.0999. The van der Waals surface area contributed by atoms with Gasteiger partial charge in [-0.1, -0.05) is 30.3 Å². The highest BCUT2D eigenvalue weighted by Gasteiger charge is 2.24. The van der Waals surface area contributed by atoms with Crippen molar-refractivity contribution in [3.63, 3.8) is 0 Å². The first-order valence-corrected chi connectivity index (χ1v) is 11.5. The van der Waals surface area contributed by atoms with Crippen molar-refractivity contribution in [2.75, 3.05) is 13.2 Å². The highest BCUT2D eigenvalue weighted by Crippen LogP contribution is 2.33. The summed E-state index contributed by atoms with van der Waals surface area (Å²) in [6, 6.07) is 17.3. The van der Waals surface area contributed by atoms with Gasteiger partial charge < -0.3 is 20.4 Å². The topological polar surface area (TPSA) is 71.4 Å². The van der Waals surface area contributed by atoms with Crippen LogP contribution in [-0.4, -0.2) is 28.9 Å². The number of carbonyl (C=O) groups excluding carboxylic acids is 1. The van der Waals surface area contributed by atoms with Gasteiger partial charge in [0.2, 0.25) is 5.91 Å². The minimum absolute atomic E-state index is 0. The van der Waals surface area contributed by atoms with Gasteiger partial charge in [0, 0.05) is 35.8 Å². The predicted octanol–water partition coefficient (Wildman–Crippen LogP) is 5.84. The molecule has 1 aromatic heterocycles. The molecule has 0 aliphatic carbocycles.